The van der Waals surface area contributed by atoms with Gasteiger partial charge in [-0.1, -0.05) is 24.3 Å². The molecule has 0 atom stereocenters. The van der Waals surface area contributed by atoms with Crippen LogP contribution in [0.25, 0.3) is 10.8 Å². The van der Waals surface area contributed by atoms with E-state index in [0.29, 0.717) is 12.1 Å². The van der Waals surface area contributed by atoms with Crippen LogP contribution in [-0.4, -0.2) is 23.8 Å². The van der Waals surface area contributed by atoms with E-state index < -0.39 is 7.12 Å². The van der Waals surface area contributed by atoms with Gasteiger partial charge in [-0.15, -0.1) is 0 Å². The van der Waals surface area contributed by atoms with Gasteiger partial charge in [0.1, 0.15) is 5.75 Å². The Balaban J connectivity index is 2.44. The van der Waals surface area contributed by atoms with E-state index in [1.807, 2.05) is 31.2 Å². The van der Waals surface area contributed by atoms with Gasteiger partial charge in [-0.3, -0.25) is 0 Å². The maximum Gasteiger partial charge on any atom is 0.488 e. The van der Waals surface area contributed by atoms with E-state index in [-0.39, 0.29) is 0 Å². The molecule has 82 valence electrons. The summed E-state index contributed by atoms with van der Waals surface area (Å²) in [5.41, 5.74) is 0.497. The lowest BCUT2D eigenvalue weighted by atomic mass is 9.79. The number of benzene rings is 2. The Hall–Kier alpha value is -1.52. The summed E-state index contributed by atoms with van der Waals surface area (Å²) in [5, 5.41) is 20.1. The van der Waals surface area contributed by atoms with Crippen LogP contribution in [0.2, 0.25) is 0 Å². The second kappa shape index (κ2) is 4.55. The Kier molecular flexibility index (Phi) is 3.13. The first kappa shape index (κ1) is 11.0. The minimum Gasteiger partial charge on any atom is -0.494 e. The van der Waals surface area contributed by atoms with E-state index in [4.69, 9.17) is 14.8 Å². The molecule has 0 radical (unpaired) electrons. The molecule has 0 aliphatic carbocycles. The molecule has 0 unspecified atom stereocenters. The molecule has 0 bridgehead atoms. The zero-order valence-corrected chi connectivity index (χ0v) is 9.05. The fraction of sp³-hybridized carbons (Fsp3) is 0.167. The summed E-state index contributed by atoms with van der Waals surface area (Å²) in [6.45, 7) is 2.58. The molecular weight excluding hydrogens is 203 g/mol. The Morgan fingerprint density at radius 2 is 1.75 bits per heavy atom. The highest BCUT2D eigenvalue weighted by atomic mass is 16.5. The molecule has 0 spiro atoms. The molecule has 2 aromatic carbocycles. The molecule has 3 nitrogen and oxygen atoms in total. The summed E-state index contributed by atoms with van der Waals surface area (Å²) in [6.07, 6.45) is 0. The second-order valence-electron chi connectivity index (χ2n) is 3.58. The molecule has 0 saturated carbocycles. The molecule has 0 fully saturated rings. The molecular formula is C12H13BO3. The highest BCUT2D eigenvalue weighted by Gasteiger charge is 2.10. The molecule has 4 heteroatoms. The third-order valence-electron chi connectivity index (χ3n) is 2.44. The molecule has 2 N–H and O–H groups in total. The summed E-state index contributed by atoms with van der Waals surface area (Å²) < 4.78 is 5.39. The lowest BCUT2D eigenvalue weighted by Gasteiger charge is -2.06. The molecule has 0 aliphatic rings. The van der Waals surface area contributed by atoms with Crippen LogP contribution in [0.15, 0.2) is 36.4 Å². The first-order chi connectivity index (χ1) is 7.70. The van der Waals surface area contributed by atoms with Crippen molar-refractivity contribution in [2.45, 2.75) is 6.92 Å². The number of hydrogen-bond acceptors (Lipinski definition) is 3. The van der Waals surface area contributed by atoms with Gasteiger partial charge < -0.3 is 14.8 Å². The van der Waals surface area contributed by atoms with Crippen LogP contribution in [0.5, 0.6) is 5.75 Å². The Labute approximate surface area is 94.4 Å². The number of fused-ring (bicyclic) bond motifs is 1. The summed E-state index contributed by atoms with van der Waals surface area (Å²) in [7, 11) is -1.42. The predicted molar refractivity (Wildman–Crippen MR) is 64.9 cm³/mol. The quantitative estimate of drug-likeness (QED) is 0.750. The Morgan fingerprint density at radius 1 is 1.06 bits per heavy atom. The van der Waals surface area contributed by atoms with E-state index in [2.05, 4.69) is 0 Å². The fourth-order valence-electron chi connectivity index (χ4n) is 1.66. The van der Waals surface area contributed by atoms with Gasteiger partial charge in [-0.05, 0) is 35.3 Å². The van der Waals surface area contributed by atoms with E-state index >= 15 is 0 Å². The van der Waals surface area contributed by atoms with Gasteiger partial charge in [0.25, 0.3) is 0 Å². The molecule has 16 heavy (non-hydrogen) atoms. The van der Waals surface area contributed by atoms with E-state index in [1.54, 1.807) is 12.1 Å². The third kappa shape index (κ3) is 2.18. The van der Waals surface area contributed by atoms with Crippen molar-refractivity contribution in [3.8, 4) is 5.75 Å². The normalized spacial score (nSPS) is 10.4. The lowest BCUT2D eigenvalue weighted by Crippen LogP contribution is -2.29. The monoisotopic (exact) mass is 216 g/mol. The van der Waals surface area contributed by atoms with Crippen molar-refractivity contribution >= 4 is 23.4 Å². The van der Waals surface area contributed by atoms with Crippen molar-refractivity contribution < 1.29 is 14.8 Å². The summed E-state index contributed by atoms with van der Waals surface area (Å²) in [4.78, 5) is 0. The van der Waals surface area contributed by atoms with Crippen LogP contribution in [-0.2, 0) is 0 Å². The van der Waals surface area contributed by atoms with Crippen LogP contribution in [0.4, 0.5) is 0 Å². The van der Waals surface area contributed by atoms with E-state index in [0.717, 1.165) is 16.5 Å². The van der Waals surface area contributed by atoms with Gasteiger partial charge in [0.15, 0.2) is 0 Å². The van der Waals surface area contributed by atoms with Crippen LogP contribution in [0.3, 0.4) is 0 Å². The largest absolute Gasteiger partial charge is 0.494 e. The van der Waals surface area contributed by atoms with Crippen LogP contribution >= 0.6 is 0 Å². The van der Waals surface area contributed by atoms with Gasteiger partial charge in [0.2, 0.25) is 0 Å². The van der Waals surface area contributed by atoms with Crippen molar-refractivity contribution in [3.63, 3.8) is 0 Å². The zero-order chi connectivity index (χ0) is 11.5. The SMILES string of the molecule is CCOc1ccc2cc(B(O)O)ccc2c1. The number of hydrogen-bond donors (Lipinski definition) is 2. The molecule has 2 aromatic rings. The van der Waals surface area contributed by atoms with Crippen LogP contribution in [0, 0.1) is 0 Å². The van der Waals surface area contributed by atoms with Gasteiger partial charge >= 0.3 is 7.12 Å². The van der Waals surface area contributed by atoms with Crippen molar-refractivity contribution in [1.29, 1.82) is 0 Å². The van der Waals surface area contributed by atoms with Crippen molar-refractivity contribution in [2.24, 2.45) is 0 Å². The predicted octanol–water partition coefficient (Wildman–Crippen LogP) is 0.918. The summed E-state index contributed by atoms with van der Waals surface area (Å²) in [6, 6.07) is 11.0. The van der Waals surface area contributed by atoms with Crippen molar-refractivity contribution in [2.75, 3.05) is 6.61 Å². The van der Waals surface area contributed by atoms with E-state index in [9.17, 15) is 0 Å². The fourth-order valence-corrected chi connectivity index (χ4v) is 1.66. The molecule has 2 rings (SSSR count). The van der Waals surface area contributed by atoms with Gasteiger partial charge in [0, 0.05) is 0 Å². The maximum atomic E-state index is 9.05. The molecule has 0 amide bonds. The Morgan fingerprint density at radius 3 is 2.44 bits per heavy atom. The summed E-state index contributed by atoms with van der Waals surface area (Å²) in [5.74, 6) is 0.826. The minimum atomic E-state index is -1.42. The summed E-state index contributed by atoms with van der Waals surface area (Å²) >= 11 is 0. The molecule has 0 saturated heterocycles. The number of ether oxygens (including phenoxy) is 1. The molecule has 0 heterocycles. The third-order valence-corrected chi connectivity index (χ3v) is 2.44. The zero-order valence-electron chi connectivity index (χ0n) is 9.05. The average molecular weight is 216 g/mol. The first-order valence-electron chi connectivity index (χ1n) is 5.23. The topological polar surface area (TPSA) is 49.7 Å². The van der Waals surface area contributed by atoms with Crippen molar-refractivity contribution in [3.05, 3.63) is 36.4 Å². The lowest BCUT2D eigenvalue weighted by molar-refractivity contribution is 0.341. The first-order valence-corrected chi connectivity index (χ1v) is 5.23. The van der Waals surface area contributed by atoms with Crippen LogP contribution < -0.4 is 10.2 Å². The Bertz CT molecular complexity index is 497. The average Bonchev–Trinajstić information content (AvgIpc) is 2.28. The van der Waals surface area contributed by atoms with Crippen LogP contribution in [0.1, 0.15) is 6.92 Å². The van der Waals surface area contributed by atoms with Gasteiger partial charge in [-0.25, -0.2) is 0 Å². The van der Waals surface area contributed by atoms with E-state index in [1.165, 1.54) is 0 Å². The standard InChI is InChI=1S/C12H13BO3/c1-2-16-12-6-4-9-7-11(13(14)15)5-3-10(9)8-12/h3-8,14-15H,2H2,1H3. The van der Waals surface area contributed by atoms with Crippen molar-refractivity contribution in [1.82, 2.24) is 0 Å². The highest BCUT2D eigenvalue weighted by Crippen LogP contribution is 2.19. The maximum absolute atomic E-state index is 9.05. The second-order valence-corrected chi connectivity index (χ2v) is 3.58. The smallest absolute Gasteiger partial charge is 0.488 e. The molecule has 0 aliphatic heterocycles. The number of rotatable bonds is 3. The van der Waals surface area contributed by atoms with Gasteiger partial charge in [0.05, 0.1) is 6.61 Å². The minimum absolute atomic E-state index is 0.497. The molecule has 0 aromatic heterocycles. The van der Waals surface area contributed by atoms with Gasteiger partial charge in [-0.2, -0.15) is 0 Å². The highest BCUT2D eigenvalue weighted by molar-refractivity contribution is 6.58.